The largest absolute Gasteiger partial charge is 0.396 e. The van der Waals surface area contributed by atoms with Crippen molar-refractivity contribution in [3.8, 4) is 0 Å². The molecule has 3 nitrogen and oxygen atoms in total. The molecule has 4 N–H and O–H groups in total. The number of nitrogens with one attached hydrogen (secondary N) is 1. The molecule has 0 amide bonds. The fourth-order valence-electron chi connectivity index (χ4n) is 3.02. The van der Waals surface area contributed by atoms with Crippen LogP contribution in [0.5, 0.6) is 0 Å². The molecule has 1 saturated carbocycles. The van der Waals surface area contributed by atoms with Gasteiger partial charge in [-0.2, -0.15) is 11.8 Å². The van der Waals surface area contributed by atoms with Gasteiger partial charge in [-0.15, -0.1) is 0 Å². The Kier molecular flexibility index (Phi) is 4.95. The van der Waals surface area contributed by atoms with Crippen LogP contribution in [0, 0.1) is 11.8 Å². The summed E-state index contributed by atoms with van der Waals surface area (Å²) in [6.45, 7) is 1.06. The van der Waals surface area contributed by atoms with E-state index < -0.39 is 0 Å². The molecule has 1 aliphatic heterocycles. The monoisotopic (exact) mass is 244 g/mol. The molecule has 1 heterocycles. The first-order chi connectivity index (χ1) is 7.85. The van der Waals surface area contributed by atoms with E-state index in [1.807, 2.05) is 11.8 Å². The van der Waals surface area contributed by atoms with Gasteiger partial charge in [-0.05, 0) is 42.6 Å². The van der Waals surface area contributed by atoms with Crippen molar-refractivity contribution in [1.82, 2.24) is 5.32 Å². The van der Waals surface area contributed by atoms with Crippen molar-refractivity contribution in [2.75, 3.05) is 24.7 Å². The van der Waals surface area contributed by atoms with Gasteiger partial charge in [0.05, 0.1) is 0 Å². The van der Waals surface area contributed by atoms with Crippen LogP contribution in [0.2, 0.25) is 0 Å². The normalized spacial score (nSPS) is 36.8. The van der Waals surface area contributed by atoms with Crippen molar-refractivity contribution in [2.45, 2.75) is 37.8 Å². The topological polar surface area (TPSA) is 58.3 Å². The number of nitrogens with two attached hydrogens (primary N) is 1. The molecule has 0 bridgehead atoms. The molecule has 2 rings (SSSR count). The SMILES string of the molecule is NCC(NC1CCCC1CO)C1CCSC1. The third-order valence-corrected chi connectivity index (χ3v) is 5.30. The number of thioether (sulfide) groups is 1. The maximum absolute atomic E-state index is 9.31. The minimum Gasteiger partial charge on any atom is -0.396 e. The Labute approximate surface area is 103 Å². The Hall–Kier alpha value is 0.230. The molecular weight excluding hydrogens is 220 g/mol. The van der Waals surface area contributed by atoms with E-state index in [2.05, 4.69) is 5.32 Å². The lowest BCUT2D eigenvalue weighted by atomic mass is 9.96. The quantitative estimate of drug-likeness (QED) is 0.670. The summed E-state index contributed by atoms with van der Waals surface area (Å²) in [7, 11) is 0. The molecule has 1 aliphatic carbocycles. The first kappa shape index (κ1) is 12.7. The third-order valence-electron chi connectivity index (χ3n) is 4.11. The minimum absolute atomic E-state index is 0.328. The van der Waals surface area contributed by atoms with E-state index in [-0.39, 0.29) is 0 Å². The van der Waals surface area contributed by atoms with Crippen molar-refractivity contribution < 1.29 is 5.11 Å². The molecule has 0 radical (unpaired) electrons. The van der Waals surface area contributed by atoms with Crippen LogP contribution in [-0.4, -0.2) is 41.8 Å². The summed E-state index contributed by atoms with van der Waals surface area (Å²) in [4.78, 5) is 0. The van der Waals surface area contributed by atoms with Crippen molar-refractivity contribution in [3.63, 3.8) is 0 Å². The Morgan fingerprint density at radius 1 is 1.38 bits per heavy atom. The zero-order valence-electron chi connectivity index (χ0n) is 9.90. The van der Waals surface area contributed by atoms with Crippen molar-refractivity contribution in [1.29, 1.82) is 0 Å². The highest BCUT2D eigenvalue weighted by Gasteiger charge is 2.31. The van der Waals surface area contributed by atoms with Crippen LogP contribution < -0.4 is 11.1 Å². The number of rotatable bonds is 5. The van der Waals surface area contributed by atoms with Crippen molar-refractivity contribution >= 4 is 11.8 Å². The van der Waals surface area contributed by atoms with Crippen LogP contribution in [0.4, 0.5) is 0 Å². The first-order valence-corrected chi connectivity index (χ1v) is 7.65. The van der Waals surface area contributed by atoms with Gasteiger partial charge in [-0.1, -0.05) is 6.42 Å². The molecule has 16 heavy (non-hydrogen) atoms. The molecule has 4 heteroatoms. The van der Waals surface area contributed by atoms with E-state index >= 15 is 0 Å². The number of hydrogen-bond acceptors (Lipinski definition) is 4. The zero-order valence-corrected chi connectivity index (χ0v) is 10.7. The molecule has 4 atom stereocenters. The fraction of sp³-hybridized carbons (Fsp3) is 1.00. The number of hydrogen-bond donors (Lipinski definition) is 3. The van der Waals surface area contributed by atoms with Crippen LogP contribution in [0.3, 0.4) is 0 Å². The van der Waals surface area contributed by atoms with Gasteiger partial charge in [0.1, 0.15) is 0 Å². The second-order valence-electron chi connectivity index (χ2n) is 5.11. The molecule has 0 aromatic carbocycles. The highest BCUT2D eigenvalue weighted by Crippen LogP contribution is 2.29. The molecule has 1 saturated heterocycles. The second-order valence-corrected chi connectivity index (χ2v) is 6.26. The maximum Gasteiger partial charge on any atom is 0.0474 e. The van der Waals surface area contributed by atoms with Gasteiger partial charge in [0, 0.05) is 25.2 Å². The molecule has 0 aromatic heterocycles. The van der Waals surface area contributed by atoms with Crippen molar-refractivity contribution in [2.24, 2.45) is 17.6 Å². The Bertz CT molecular complexity index is 209. The standard InChI is InChI=1S/C12H24N2OS/c13-6-12(10-4-5-16-8-10)14-11-3-1-2-9(11)7-15/h9-12,14-15H,1-8,13H2. The molecule has 0 aromatic rings. The predicted molar refractivity (Wildman–Crippen MR) is 69.6 cm³/mol. The summed E-state index contributed by atoms with van der Waals surface area (Å²) in [5, 5.41) is 13.0. The van der Waals surface area contributed by atoms with Gasteiger partial charge in [-0.25, -0.2) is 0 Å². The Balaban J connectivity index is 1.85. The maximum atomic E-state index is 9.31. The Morgan fingerprint density at radius 3 is 2.88 bits per heavy atom. The minimum atomic E-state index is 0.328. The average molecular weight is 244 g/mol. The smallest absolute Gasteiger partial charge is 0.0474 e. The van der Waals surface area contributed by atoms with Crippen LogP contribution in [0.1, 0.15) is 25.7 Å². The lowest BCUT2D eigenvalue weighted by molar-refractivity contribution is 0.193. The fourth-order valence-corrected chi connectivity index (χ4v) is 4.35. The van der Waals surface area contributed by atoms with E-state index in [4.69, 9.17) is 5.73 Å². The van der Waals surface area contributed by atoms with Crippen LogP contribution in [0.15, 0.2) is 0 Å². The number of aliphatic hydroxyl groups excluding tert-OH is 1. The molecule has 2 fully saturated rings. The van der Waals surface area contributed by atoms with Crippen molar-refractivity contribution in [3.05, 3.63) is 0 Å². The lowest BCUT2D eigenvalue weighted by Crippen LogP contribution is -2.49. The highest BCUT2D eigenvalue weighted by atomic mass is 32.2. The number of aliphatic hydroxyl groups is 1. The molecule has 4 unspecified atom stereocenters. The Morgan fingerprint density at radius 2 is 2.25 bits per heavy atom. The molecule has 0 spiro atoms. The highest BCUT2D eigenvalue weighted by molar-refractivity contribution is 7.99. The summed E-state index contributed by atoms with van der Waals surface area (Å²) >= 11 is 2.05. The van der Waals surface area contributed by atoms with Gasteiger partial charge < -0.3 is 16.2 Å². The van der Waals surface area contributed by atoms with Crippen LogP contribution in [0.25, 0.3) is 0 Å². The van der Waals surface area contributed by atoms with Gasteiger partial charge in [-0.3, -0.25) is 0 Å². The van der Waals surface area contributed by atoms with Gasteiger partial charge in [0.2, 0.25) is 0 Å². The van der Waals surface area contributed by atoms with Gasteiger partial charge in [0.15, 0.2) is 0 Å². The summed E-state index contributed by atoms with van der Waals surface area (Å²) in [6.07, 6.45) is 4.93. The summed E-state index contributed by atoms with van der Waals surface area (Å²) in [5.74, 6) is 3.75. The van der Waals surface area contributed by atoms with E-state index in [0.717, 1.165) is 12.5 Å². The van der Waals surface area contributed by atoms with Crippen LogP contribution >= 0.6 is 11.8 Å². The molecular formula is C12H24N2OS. The average Bonchev–Trinajstić information content (AvgIpc) is 2.96. The van der Waals surface area contributed by atoms with Crippen LogP contribution in [-0.2, 0) is 0 Å². The summed E-state index contributed by atoms with van der Waals surface area (Å²) < 4.78 is 0. The van der Waals surface area contributed by atoms with E-state index in [1.54, 1.807) is 0 Å². The predicted octanol–water partition coefficient (Wildman–Crippen LogP) is 0.817. The zero-order chi connectivity index (χ0) is 11.4. The summed E-state index contributed by atoms with van der Waals surface area (Å²) in [5.41, 5.74) is 5.88. The first-order valence-electron chi connectivity index (χ1n) is 6.50. The third kappa shape index (κ3) is 2.92. The van der Waals surface area contributed by atoms with Gasteiger partial charge in [0.25, 0.3) is 0 Å². The summed E-state index contributed by atoms with van der Waals surface area (Å²) in [6, 6.07) is 0.969. The van der Waals surface area contributed by atoms with E-state index in [0.29, 0.717) is 24.6 Å². The van der Waals surface area contributed by atoms with Gasteiger partial charge >= 0.3 is 0 Å². The second kappa shape index (κ2) is 6.24. The lowest BCUT2D eigenvalue weighted by Gasteiger charge is -2.29. The van der Waals surface area contributed by atoms with E-state index in [9.17, 15) is 5.11 Å². The molecule has 94 valence electrons. The van der Waals surface area contributed by atoms with E-state index in [1.165, 1.54) is 37.2 Å². The molecule has 2 aliphatic rings.